The van der Waals surface area contributed by atoms with Gasteiger partial charge in [-0.2, -0.15) is 0 Å². The number of aromatic nitrogens is 2. The molecule has 0 amide bonds. The normalized spacial score (nSPS) is 16.5. The van der Waals surface area contributed by atoms with Crippen LogP contribution in [0.15, 0.2) is 12.5 Å². The molecule has 0 unspecified atom stereocenters. The SMILES string of the molecule is O=C(O)c1cncnc1NCC1(CCO)CC1. The number of anilines is 1. The van der Waals surface area contributed by atoms with Crippen molar-refractivity contribution < 1.29 is 15.0 Å². The van der Waals surface area contributed by atoms with Gasteiger partial charge in [-0.05, 0) is 24.7 Å². The summed E-state index contributed by atoms with van der Waals surface area (Å²) in [7, 11) is 0. The second-order valence-corrected chi connectivity index (χ2v) is 4.42. The molecular formula is C11H15N3O3. The highest BCUT2D eigenvalue weighted by Gasteiger charge is 2.41. The quantitative estimate of drug-likeness (QED) is 0.675. The van der Waals surface area contributed by atoms with E-state index in [-0.39, 0.29) is 17.6 Å². The molecule has 0 spiro atoms. The van der Waals surface area contributed by atoms with Crippen LogP contribution < -0.4 is 5.32 Å². The molecule has 6 nitrogen and oxygen atoms in total. The smallest absolute Gasteiger partial charge is 0.341 e. The topological polar surface area (TPSA) is 95.3 Å². The first-order valence-corrected chi connectivity index (χ1v) is 5.55. The van der Waals surface area contributed by atoms with Crippen molar-refractivity contribution in [3.05, 3.63) is 18.1 Å². The first-order chi connectivity index (χ1) is 8.17. The molecule has 0 aromatic carbocycles. The van der Waals surface area contributed by atoms with E-state index in [1.54, 1.807) is 0 Å². The van der Waals surface area contributed by atoms with Gasteiger partial charge in [0.15, 0.2) is 0 Å². The zero-order valence-corrected chi connectivity index (χ0v) is 9.39. The van der Waals surface area contributed by atoms with E-state index in [0.29, 0.717) is 12.4 Å². The van der Waals surface area contributed by atoms with Crippen LogP contribution >= 0.6 is 0 Å². The lowest BCUT2D eigenvalue weighted by Gasteiger charge is -2.15. The van der Waals surface area contributed by atoms with Gasteiger partial charge in [-0.3, -0.25) is 0 Å². The fraction of sp³-hybridized carbons (Fsp3) is 0.545. The summed E-state index contributed by atoms with van der Waals surface area (Å²) in [6, 6.07) is 0. The summed E-state index contributed by atoms with van der Waals surface area (Å²) in [5.74, 6) is -0.697. The van der Waals surface area contributed by atoms with Gasteiger partial charge in [0.2, 0.25) is 0 Å². The maximum Gasteiger partial charge on any atom is 0.341 e. The zero-order valence-electron chi connectivity index (χ0n) is 9.39. The molecule has 1 aromatic heterocycles. The number of carboxylic acid groups (broad SMARTS) is 1. The molecule has 1 aromatic rings. The number of carboxylic acids is 1. The Hall–Kier alpha value is -1.69. The molecular weight excluding hydrogens is 222 g/mol. The summed E-state index contributed by atoms with van der Waals surface area (Å²) < 4.78 is 0. The van der Waals surface area contributed by atoms with E-state index in [2.05, 4.69) is 15.3 Å². The van der Waals surface area contributed by atoms with Crippen molar-refractivity contribution in [1.29, 1.82) is 0 Å². The molecule has 2 rings (SSSR count). The number of nitrogens with one attached hydrogen (secondary N) is 1. The lowest BCUT2D eigenvalue weighted by Crippen LogP contribution is -2.19. The van der Waals surface area contributed by atoms with Gasteiger partial charge >= 0.3 is 5.97 Å². The Labute approximate surface area is 98.7 Å². The van der Waals surface area contributed by atoms with Crippen molar-refractivity contribution in [2.75, 3.05) is 18.5 Å². The standard InChI is InChI=1S/C11H15N3O3/c15-4-3-11(1-2-11)6-13-9-8(10(16)17)5-12-7-14-9/h5,7,15H,1-4,6H2,(H,16,17)(H,12,13,14). The number of hydrogen-bond donors (Lipinski definition) is 3. The van der Waals surface area contributed by atoms with Gasteiger partial charge in [0, 0.05) is 19.3 Å². The molecule has 1 fully saturated rings. The summed E-state index contributed by atoms with van der Waals surface area (Å²) in [5, 5.41) is 20.9. The van der Waals surface area contributed by atoms with E-state index < -0.39 is 5.97 Å². The zero-order chi connectivity index (χ0) is 12.3. The van der Waals surface area contributed by atoms with Gasteiger partial charge in [-0.15, -0.1) is 0 Å². The number of rotatable bonds is 6. The fourth-order valence-corrected chi connectivity index (χ4v) is 1.83. The van der Waals surface area contributed by atoms with E-state index in [4.69, 9.17) is 10.2 Å². The maximum absolute atomic E-state index is 10.9. The van der Waals surface area contributed by atoms with Gasteiger partial charge in [0.25, 0.3) is 0 Å². The van der Waals surface area contributed by atoms with Crippen LogP contribution in [0.25, 0.3) is 0 Å². The third-order valence-electron chi connectivity index (χ3n) is 3.17. The average molecular weight is 237 g/mol. The van der Waals surface area contributed by atoms with Crippen molar-refractivity contribution in [1.82, 2.24) is 9.97 Å². The highest BCUT2D eigenvalue weighted by Crippen LogP contribution is 2.48. The van der Waals surface area contributed by atoms with Crippen molar-refractivity contribution in [3.63, 3.8) is 0 Å². The highest BCUT2D eigenvalue weighted by atomic mass is 16.4. The number of hydrogen-bond acceptors (Lipinski definition) is 5. The van der Waals surface area contributed by atoms with Crippen molar-refractivity contribution in [2.45, 2.75) is 19.3 Å². The second kappa shape index (κ2) is 4.67. The van der Waals surface area contributed by atoms with E-state index >= 15 is 0 Å². The first-order valence-electron chi connectivity index (χ1n) is 5.55. The maximum atomic E-state index is 10.9. The second-order valence-electron chi connectivity index (χ2n) is 4.42. The molecule has 0 atom stereocenters. The van der Waals surface area contributed by atoms with Crippen LogP contribution in [0, 0.1) is 5.41 Å². The van der Waals surface area contributed by atoms with Crippen LogP contribution in [0.5, 0.6) is 0 Å². The minimum Gasteiger partial charge on any atom is -0.477 e. The molecule has 1 aliphatic rings. The van der Waals surface area contributed by atoms with E-state index in [0.717, 1.165) is 19.3 Å². The molecule has 0 aliphatic heterocycles. The summed E-state index contributed by atoms with van der Waals surface area (Å²) in [6.45, 7) is 0.808. The van der Waals surface area contributed by atoms with Crippen LogP contribution in [-0.2, 0) is 0 Å². The molecule has 6 heteroatoms. The third kappa shape index (κ3) is 2.71. The van der Waals surface area contributed by atoms with Gasteiger partial charge in [0.1, 0.15) is 17.7 Å². The molecule has 3 N–H and O–H groups in total. The Kier molecular flexibility index (Phi) is 3.23. The van der Waals surface area contributed by atoms with E-state index in [1.165, 1.54) is 12.5 Å². The fourth-order valence-electron chi connectivity index (χ4n) is 1.83. The van der Waals surface area contributed by atoms with Crippen molar-refractivity contribution in [2.24, 2.45) is 5.41 Å². The predicted molar refractivity (Wildman–Crippen MR) is 60.9 cm³/mol. The molecule has 1 heterocycles. The lowest BCUT2D eigenvalue weighted by atomic mass is 10.0. The Bertz CT molecular complexity index is 418. The number of aromatic carboxylic acids is 1. The molecule has 92 valence electrons. The van der Waals surface area contributed by atoms with Crippen LogP contribution in [-0.4, -0.2) is 39.3 Å². The minimum absolute atomic E-state index is 0.0762. The number of carbonyl (C=O) groups is 1. The number of aliphatic hydroxyl groups excluding tert-OH is 1. The monoisotopic (exact) mass is 237 g/mol. The lowest BCUT2D eigenvalue weighted by molar-refractivity contribution is 0.0697. The van der Waals surface area contributed by atoms with Gasteiger partial charge in [-0.25, -0.2) is 14.8 Å². The molecule has 1 saturated carbocycles. The van der Waals surface area contributed by atoms with Crippen LogP contribution in [0.2, 0.25) is 0 Å². The minimum atomic E-state index is -1.04. The Morgan fingerprint density at radius 2 is 2.29 bits per heavy atom. The van der Waals surface area contributed by atoms with Crippen LogP contribution in [0.1, 0.15) is 29.6 Å². The summed E-state index contributed by atoms with van der Waals surface area (Å²) >= 11 is 0. The Morgan fingerprint density at radius 3 is 2.88 bits per heavy atom. The van der Waals surface area contributed by atoms with Gasteiger partial charge < -0.3 is 15.5 Å². The molecule has 0 radical (unpaired) electrons. The highest BCUT2D eigenvalue weighted by molar-refractivity contribution is 5.92. The van der Waals surface area contributed by atoms with Crippen LogP contribution in [0.3, 0.4) is 0 Å². The average Bonchev–Trinajstić information content (AvgIpc) is 3.08. The Balaban J connectivity index is 2.02. The van der Waals surface area contributed by atoms with Crippen LogP contribution in [0.4, 0.5) is 5.82 Å². The summed E-state index contributed by atoms with van der Waals surface area (Å²) in [4.78, 5) is 18.5. The summed E-state index contributed by atoms with van der Waals surface area (Å²) in [5.41, 5.74) is 0.197. The molecule has 0 bridgehead atoms. The van der Waals surface area contributed by atoms with Gasteiger partial charge in [-0.1, -0.05) is 0 Å². The van der Waals surface area contributed by atoms with Crippen molar-refractivity contribution >= 4 is 11.8 Å². The predicted octanol–water partition coefficient (Wildman–Crippen LogP) is 0.749. The molecule has 0 saturated heterocycles. The van der Waals surface area contributed by atoms with E-state index in [1.807, 2.05) is 0 Å². The third-order valence-corrected chi connectivity index (χ3v) is 3.17. The number of aliphatic hydroxyl groups is 1. The summed E-state index contributed by atoms with van der Waals surface area (Å²) in [6.07, 6.45) is 5.47. The van der Waals surface area contributed by atoms with Gasteiger partial charge in [0.05, 0.1) is 0 Å². The van der Waals surface area contributed by atoms with Crippen molar-refractivity contribution in [3.8, 4) is 0 Å². The first kappa shape index (κ1) is 11.8. The Morgan fingerprint density at radius 1 is 1.53 bits per heavy atom. The van der Waals surface area contributed by atoms with E-state index in [9.17, 15) is 4.79 Å². The molecule has 1 aliphatic carbocycles. The molecule has 17 heavy (non-hydrogen) atoms. The largest absolute Gasteiger partial charge is 0.477 e. The number of nitrogens with zero attached hydrogens (tertiary/aromatic N) is 2.